The van der Waals surface area contributed by atoms with E-state index < -0.39 is 10.0 Å². The van der Waals surface area contributed by atoms with Gasteiger partial charge in [0, 0.05) is 25.2 Å². The van der Waals surface area contributed by atoms with Gasteiger partial charge in [0.25, 0.3) is 10.0 Å². The van der Waals surface area contributed by atoms with E-state index in [2.05, 4.69) is 36.5 Å². The molecule has 30 heavy (non-hydrogen) atoms. The molecular formula is C24H26N2O3S. The van der Waals surface area contributed by atoms with Crippen molar-refractivity contribution in [1.82, 2.24) is 5.32 Å². The maximum Gasteiger partial charge on any atom is 0.264 e. The first-order valence-corrected chi connectivity index (χ1v) is 11.6. The van der Waals surface area contributed by atoms with Crippen LogP contribution in [0.3, 0.4) is 0 Å². The molecule has 0 spiro atoms. The summed E-state index contributed by atoms with van der Waals surface area (Å²) >= 11 is 0. The molecular weight excluding hydrogens is 396 g/mol. The van der Waals surface area contributed by atoms with Crippen LogP contribution < -0.4 is 14.4 Å². The number of hydrogen-bond acceptors (Lipinski definition) is 4. The zero-order chi connectivity index (χ0) is 21.0. The molecule has 1 aliphatic rings. The molecule has 0 atom stereocenters. The van der Waals surface area contributed by atoms with Gasteiger partial charge in [-0.3, -0.25) is 4.31 Å². The van der Waals surface area contributed by atoms with E-state index in [1.165, 1.54) is 15.4 Å². The summed E-state index contributed by atoms with van der Waals surface area (Å²) in [5, 5.41) is 3.39. The Morgan fingerprint density at radius 2 is 1.80 bits per heavy atom. The lowest BCUT2D eigenvalue weighted by molar-refractivity contribution is 0.311. The fourth-order valence-electron chi connectivity index (χ4n) is 3.77. The van der Waals surface area contributed by atoms with Crippen LogP contribution in [0.1, 0.15) is 16.7 Å². The Morgan fingerprint density at radius 1 is 1.00 bits per heavy atom. The number of hydrogen-bond donors (Lipinski definition) is 1. The number of aryl methyl sites for hydroxylation is 1. The Morgan fingerprint density at radius 3 is 2.60 bits per heavy atom. The zero-order valence-electron chi connectivity index (χ0n) is 17.0. The smallest absolute Gasteiger partial charge is 0.264 e. The van der Waals surface area contributed by atoms with Gasteiger partial charge in [-0.15, -0.1) is 0 Å². The van der Waals surface area contributed by atoms with Gasteiger partial charge >= 0.3 is 0 Å². The number of ether oxygens (including phenoxy) is 1. The van der Waals surface area contributed by atoms with Crippen molar-refractivity contribution in [2.24, 2.45) is 0 Å². The number of benzene rings is 3. The molecule has 156 valence electrons. The van der Waals surface area contributed by atoms with Gasteiger partial charge in [-0.05, 0) is 43.2 Å². The van der Waals surface area contributed by atoms with Gasteiger partial charge in [0.05, 0.1) is 10.6 Å². The van der Waals surface area contributed by atoms with Crippen molar-refractivity contribution in [3.63, 3.8) is 0 Å². The molecule has 3 aromatic rings. The van der Waals surface area contributed by atoms with Crippen LogP contribution in [-0.4, -0.2) is 28.1 Å². The predicted molar refractivity (Wildman–Crippen MR) is 120 cm³/mol. The maximum atomic E-state index is 13.0. The van der Waals surface area contributed by atoms with Crippen LogP contribution in [0.4, 0.5) is 5.69 Å². The van der Waals surface area contributed by atoms with E-state index in [1.807, 2.05) is 24.3 Å². The van der Waals surface area contributed by atoms with Gasteiger partial charge in [0.15, 0.2) is 0 Å². The molecule has 1 N–H and O–H groups in total. The van der Waals surface area contributed by atoms with E-state index in [1.54, 1.807) is 24.3 Å². The summed E-state index contributed by atoms with van der Waals surface area (Å²) < 4.78 is 33.6. The molecule has 0 bridgehead atoms. The number of nitrogens with one attached hydrogen (secondary N) is 1. The van der Waals surface area contributed by atoms with Crippen LogP contribution in [0.5, 0.6) is 5.75 Å². The molecule has 0 radical (unpaired) electrons. The van der Waals surface area contributed by atoms with Crippen molar-refractivity contribution < 1.29 is 13.2 Å². The van der Waals surface area contributed by atoms with E-state index in [9.17, 15) is 8.42 Å². The Kier molecular flexibility index (Phi) is 6.06. The average molecular weight is 423 g/mol. The lowest BCUT2D eigenvalue weighted by Gasteiger charge is -2.20. The second-order valence-corrected chi connectivity index (χ2v) is 9.27. The zero-order valence-corrected chi connectivity index (χ0v) is 17.9. The van der Waals surface area contributed by atoms with Gasteiger partial charge in [-0.1, -0.05) is 54.1 Å². The second kappa shape index (κ2) is 8.90. The number of rotatable bonds is 8. The molecule has 0 fully saturated rings. The van der Waals surface area contributed by atoms with Gasteiger partial charge in [0.1, 0.15) is 12.4 Å². The third kappa shape index (κ3) is 4.35. The van der Waals surface area contributed by atoms with E-state index >= 15 is 0 Å². The Balaban J connectivity index is 1.39. The standard InChI is InChI=1S/C24H26N2O3S/c1-19-7-5-8-20(17-19)18-25-14-16-29-24-12-6-11-23-22(24)13-15-26(23)30(27,28)21-9-3-2-4-10-21/h2-12,17,25H,13-16,18H2,1H3. The van der Waals surface area contributed by atoms with Gasteiger partial charge in [-0.25, -0.2) is 8.42 Å². The normalized spacial score (nSPS) is 13.3. The minimum Gasteiger partial charge on any atom is -0.492 e. The lowest BCUT2D eigenvalue weighted by Crippen LogP contribution is -2.29. The summed E-state index contributed by atoms with van der Waals surface area (Å²) in [6.45, 7) is 4.54. The highest BCUT2D eigenvalue weighted by molar-refractivity contribution is 7.92. The lowest BCUT2D eigenvalue weighted by atomic mass is 10.1. The minimum atomic E-state index is -3.57. The maximum absolute atomic E-state index is 13.0. The molecule has 1 aliphatic heterocycles. The molecule has 0 aromatic heterocycles. The van der Waals surface area contributed by atoms with Crippen LogP contribution in [0.15, 0.2) is 77.7 Å². The molecule has 3 aromatic carbocycles. The van der Waals surface area contributed by atoms with Crippen LogP contribution in [0, 0.1) is 6.92 Å². The molecule has 0 amide bonds. The topological polar surface area (TPSA) is 58.6 Å². The molecule has 6 heteroatoms. The van der Waals surface area contributed by atoms with Crippen molar-refractivity contribution in [1.29, 1.82) is 0 Å². The first-order chi connectivity index (χ1) is 14.6. The van der Waals surface area contributed by atoms with Gasteiger partial charge in [0.2, 0.25) is 0 Å². The Labute approximate surface area is 178 Å². The van der Waals surface area contributed by atoms with Crippen LogP contribution in [0.25, 0.3) is 0 Å². The van der Waals surface area contributed by atoms with Gasteiger partial charge < -0.3 is 10.1 Å². The Bertz CT molecular complexity index is 1110. The van der Waals surface area contributed by atoms with Crippen molar-refractivity contribution in [2.45, 2.75) is 24.8 Å². The van der Waals surface area contributed by atoms with E-state index in [4.69, 9.17) is 4.74 Å². The summed E-state index contributed by atoms with van der Waals surface area (Å²) in [5.41, 5.74) is 4.16. The molecule has 4 rings (SSSR count). The SMILES string of the molecule is Cc1cccc(CNCCOc2cccc3c2CCN3S(=O)(=O)c2ccccc2)c1. The summed E-state index contributed by atoms with van der Waals surface area (Å²) in [4.78, 5) is 0.310. The molecule has 5 nitrogen and oxygen atoms in total. The molecule has 0 unspecified atom stereocenters. The molecule has 0 aliphatic carbocycles. The van der Waals surface area contributed by atoms with Crippen molar-refractivity contribution in [2.75, 3.05) is 24.0 Å². The van der Waals surface area contributed by atoms with Crippen LogP contribution in [0.2, 0.25) is 0 Å². The van der Waals surface area contributed by atoms with Gasteiger partial charge in [-0.2, -0.15) is 0 Å². The summed E-state index contributed by atoms with van der Waals surface area (Å²) in [5.74, 6) is 0.760. The summed E-state index contributed by atoms with van der Waals surface area (Å²) in [7, 11) is -3.57. The van der Waals surface area contributed by atoms with Crippen molar-refractivity contribution in [3.05, 3.63) is 89.5 Å². The van der Waals surface area contributed by atoms with Crippen LogP contribution in [-0.2, 0) is 23.0 Å². The number of nitrogens with zero attached hydrogens (tertiary/aromatic N) is 1. The second-order valence-electron chi connectivity index (χ2n) is 7.41. The van der Waals surface area contributed by atoms with Crippen molar-refractivity contribution >= 4 is 15.7 Å². The van der Waals surface area contributed by atoms with E-state index in [-0.39, 0.29) is 0 Å². The van der Waals surface area contributed by atoms with E-state index in [0.717, 1.165) is 17.9 Å². The monoisotopic (exact) mass is 422 g/mol. The molecule has 0 saturated heterocycles. The minimum absolute atomic E-state index is 0.310. The fourth-order valence-corrected chi connectivity index (χ4v) is 5.28. The van der Waals surface area contributed by atoms with E-state index in [0.29, 0.717) is 36.7 Å². The quantitative estimate of drug-likeness (QED) is 0.559. The van der Waals surface area contributed by atoms with Crippen molar-refractivity contribution in [3.8, 4) is 5.75 Å². The molecule has 1 heterocycles. The largest absolute Gasteiger partial charge is 0.492 e. The summed E-state index contributed by atoms with van der Waals surface area (Å²) in [6, 6.07) is 22.6. The highest BCUT2D eigenvalue weighted by Crippen LogP contribution is 2.38. The highest BCUT2D eigenvalue weighted by Gasteiger charge is 2.32. The fraction of sp³-hybridized carbons (Fsp3) is 0.250. The predicted octanol–water partition coefficient (Wildman–Crippen LogP) is 3.92. The first kappa shape index (κ1) is 20.4. The number of sulfonamides is 1. The first-order valence-electron chi connectivity index (χ1n) is 10.1. The Hall–Kier alpha value is -2.83. The summed E-state index contributed by atoms with van der Waals surface area (Å²) in [6.07, 6.45) is 0.647. The third-order valence-corrected chi connectivity index (χ3v) is 7.05. The third-order valence-electron chi connectivity index (χ3n) is 5.22. The highest BCUT2D eigenvalue weighted by atomic mass is 32.2. The molecule has 0 saturated carbocycles. The van der Waals surface area contributed by atoms with Crippen LogP contribution >= 0.6 is 0 Å². The number of fused-ring (bicyclic) bond motifs is 1. The average Bonchev–Trinajstić information content (AvgIpc) is 3.20. The number of anilines is 1.